The first-order chi connectivity index (χ1) is 11.7. The van der Waals surface area contributed by atoms with Gasteiger partial charge in [-0.15, -0.1) is 0 Å². The van der Waals surface area contributed by atoms with Crippen molar-refractivity contribution in [2.24, 2.45) is 34.5 Å². The standard InChI is InChI=1S/C21H32O4/c1-11(22)21-17(25-21)9-15-14-5-4-12-8-13(23)6-7-19(12,2)18(14)16(24)10-20(15,21)3/h12-18,23-24H,4-10H2,1-3H3/t12-,13-,14-,15-,16+,17+,18+,19-,20-,21+/m0/s1. The van der Waals surface area contributed by atoms with Gasteiger partial charge in [-0.2, -0.15) is 0 Å². The molecule has 0 aromatic carbocycles. The topological polar surface area (TPSA) is 70.1 Å². The zero-order chi connectivity index (χ0) is 17.8. The molecule has 2 N–H and O–H groups in total. The van der Waals surface area contributed by atoms with Crippen LogP contribution in [0.15, 0.2) is 0 Å². The number of ether oxygens (including phenoxy) is 1. The summed E-state index contributed by atoms with van der Waals surface area (Å²) in [5.41, 5.74) is -0.675. The van der Waals surface area contributed by atoms with Crippen molar-refractivity contribution in [2.45, 2.75) is 89.6 Å². The minimum Gasteiger partial charge on any atom is -0.393 e. The number of hydrogen-bond donors (Lipinski definition) is 2. The van der Waals surface area contributed by atoms with Crippen LogP contribution in [-0.4, -0.2) is 39.9 Å². The van der Waals surface area contributed by atoms with Crippen LogP contribution in [0.3, 0.4) is 0 Å². The molecule has 25 heavy (non-hydrogen) atoms. The second-order valence-electron chi connectivity index (χ2n) is 10.3. The van der Waals surface area contributed by atoms with Crippen LogP contribution in [0.4, 0.5) is 0 Å². The highest BCUT2D eigenvalue weighted by Crippen LogP contribution is 2.73. The van der Waals surface area contributed by atoms with Crippen molar-refractivity contribution in [3.63, 3.8) is 0 Å². The molecule has 1 heterocycles. The van der Waals surface area contributed by atoms with E-state index in [1.807, 2.05) is 0 Å². The van der Waals surface area contributed by atoms with Gasteiger partial charge in [0.1, 0.15) is 0 Å². The SMILES string of the molecule is CC(=O)[C@@]12O[C@@H]1C[C@H]1[C@@H]3CC[C@H]4C[C@@H](O)CC[C@]4(C)[C@H]3[C@H](O)C[C@@]12C. The molecule has 0 aromatic rings. The first kappa shape index (κ1) is 16.7. The van der Waals surface area contributed by atoms with E-state index in [-0.39, 0.29) is 34.9 Å². The summed E-state index contributed by atoms with van der Waals surface area (Å²) in [5, 5.41) is 21.4. The molecule has 1 aliphatic heterocycles. The van der Waals surface area contributed by atoms with Crippen molar-refractivity contribution >= 4 is 5.78 Å². The molecule has 5 rings (SSSR count). The highest BCUT2D eigenvalue weighted by molar-refractivity contribution is 5.90. The van der Waals surface area contributed by atoms with Crippen LogP contribution in [0, 0.1) is 34.5 Å². The second-order valence-corrected chi connectivity index (χ2v) is 10.3. The first-order valence-electron chi connectivity index (χ1n) is 10.3. The zero-order valence-electron chi connectivity index (χ0n) is 15.7. The molecule has 4 aliphatic carbocycles. The summed E-state index contributed by atoms with van der Waals surface area (Å²) in [7, 11) is 0. The van der Waals surface area contributed by atoms with Crippen LogP contribution < -0.4 is 0 Å². The fourth-order valence-corrected chi connectivity index (χ4v) is 8.42. The van der Waals surface area contributed by atoms with Gasteiger partial charge in [-0.25, -0.2) is 0 Å². The molecule has 0 bridgehead atoms. The Morgan fingerprint density at radius 2 is 1.88 bits per heavy atom. The van der Waals surface area contributed by atoms with Gasteiger partial charge >= 0.3 is 0 Å². The van der Waals surface area contributed by atoms with Gasteiger partial charge in [-0.3, -0.25) is 4.79 Å². The average Bonchev–Trinajstić information content (AvgIpc) is 3.22. The molecule has 0 amide bonds. The number of rotatable bonds is 1. The molecule has 5 fully saturated rings. The van der Waals surface area contributed by atoms with E-state index in [9.17, 15) is 15.0 Å². The van der Waals surface area contributed by atoms with E-state index in [0.29, 0.717) is 30.1 Å². The van der Waals surface area contributed by atoms with Gasteiger partial charge in [-0.05, 0) is 81.0 Å². The molecule has 140 valence electrons. The smallest absolute Gasteiger partial charge is 0.164 e. The number of hydrogen-bond acceptors (Lipinski definition) is 4. The van der Waals surface area contributed by atoms with Gasteiger partial charge in [0, 0.05) is 5.41 Å². The molecule has 0 unspecified atom stereocenters. The van der Waals surface area contributed by atoms with E-state index in [0.717, 1.165) is 38.5 Å². The number of fused-ring (bicyclic) bond motifs is 7. The van der Waals surface area contributed by atoms with Crippen molar-refractivity contribution in [2.75, 3.05) is 0 Å². The van der Waals surface area contributed by atoms with Gasteiger partial charge in [0.25, 0.3) is 0 Å². The summed E-state index contributed by atoms with van der Waals surface area (Å²) >= 11 is 0. The molecule has 5 aliphatic rings. The number of carbonyl (C=O) groups is 1. The van der Waals surface area contributed by atoms with Crippen LogP contribution in [0.5, 0.6) is 0 Å². The minimum atomic E-state index is -0.607. The van der Waals surface area contributed by atoms with E-state index in [1.54, 1.807) is 6.92 Å². The predicted octanol–water partition coefficient (Wildman–Crippen LogP) is 2.70. The minimum absolute atomic E-state index is 0.0876. The molecule has 0 spiro atoms. The van der Waals surface area contributed by atoms with Crippen molar-refractivity contribution < 1.29 is 19.7 Å². The Labute approximate surface area is 150 Å². The van der Waals surface area contributed by atoms with Crippen LogP contribution in [0.1, 0.15) is 65.7 Å². The van der Waals surface area contributed by atoms with E-state index in [2.05, 4.69) is 13.8 Å². The van der Waals surface area contributed by atoms with Crippen molar-refractivity contribution in [3.8, 4) is 0 Å². The summed E-state index contributed by atoms with van der Waals surface area (Å²) in [5.74, 6) is 2.00. The van der Waals surface area contributed by atoms with Gasteiger partial charge in [-0.1, -0.05) is 13.8 Å². The monoisotopic (exact) mass is 348 g/mol. The Bertz CT molecular complexity index is 619. The molecule has 0 radical (unpaired) electrons. The van der Waals surface area contributed by atoms with Crippen LogP contribution in [0.2, 0.25) is 0 Å². The normalized spacial score (nSPS) is 62.4. The average molecular weight is 348 g/mol. The summed E-state index contributed by atoms with van der Waals surface area (Å²) in [6.45, 7) is 6.26. The Kier molecular flexibility index (Phi) is 3.26. The summed E-state index contributed by atoms with van der Waals surface area (Å²) in [4.78, 5) is 12.4. The highest BCUT2D eigenvalue weighted by atomic mass is 16.6. The van der Waals surface area contributed by atoms with Crippen LogP contribution in [-0.2, 0) is 9.53 Å². The molecule has 4 nitrogen and oxygen atoms in total. The highest BCUT2D eigenvalue weighted by Gasteiger charge is 2.80. The Balaban J connectivity index is 1.51. The molecule has 10 atom stereocenters. The number of ketones is 1. The maximum Gasteiger partial charge on any atom is 0.164 e. The van der Waals surface area contributed by atoms with Crippen LogP contribution in [0.25, 0.3) is 0 Å². The van der Waals surface area contributed by atoms with E-state index < -0.39 is 5.60 Å². The maximum absolute atomic E-state index is 12.4. The lowest BCUT2D eigenvalue weighted by Gasteiger charge is -2.62. The lowest BCUT2D eigenvalue weighted by atomic mass is 9.43. The predicted molar refractivity (Wildman–Crippen MR) is 92.8 cm³/mol. The maximum atomic E-state index is 12.4. The molecule has 4 heteroatoms. The fraction of sp³-hybridized carbons (Fsp3) is 0.952. The summed E-state index contributed by atoms with van der Waals surface area (Å²) < 4.78 is 5.95. The first-order valence-corrected chi connectivity index (χ1v) is 10.3. The van der Waals surface area contributed by atoms with Crippen molar-refractivity contribution in [3.05, 3.63) is 0 Å². The molecular formula is C21H32O4. The second kappa shape index (κ2) is 4.88. The quantitative estimate of drug-likeness (QED) is 0.715. The number of aliphatic hydroxyl groups excluding tert-OH is 2. The van der Waals surface area contributed by atoms with E-state index in [4.69, 9.17) is 4.74 Å². The number of carbonyl (C=O) groups excluding carboxylic acids is 1. The molecule has 1 saturated heterocycles. The van der Waals surface area contributed by atoms with Gasteiger partial charge in [0.05, 0.1) is 18.3 Å². The summed E-state index contributed by atoms with van der Waals surface area (Å²) in [6.07, 6.45) is 6.35. The fourth-order valence-electron chi connectivity index (χ4n) is 8.42. The molecule has 0 aromatic heterocycles. The zero-order valence-corrected chi connectivity index (χ0v) is 15.7. The van der Waals surface area contributed by atoms with Crippen LogP contribution >= 0.6 is 0 Å². The largest absolute Gasteiger partial charge is 0.393 e. The number of Topliss-reactive ketones (excluding diaryl/α,β-unsaturated/α-hetero) is 1. The Morgan fingerprint density at radius 1 is 1.12 bits per heavy atom. The van der Waals surface area contributed by atoms with E-state index >= 15 is 0 Å². The van der Waals surface area contributed by atoms with Crippen molar-refractivity contribution in [1.82, 2.24) is 0 Å². The molecule has 4 saturated carbocycles. The van der Waals surface area contributed by atoms with Crippen molar-refractivity contribution in [1.29, 1.82) is 0 Å². The third-order valence-corrected chi connectivity index (χ3v) is 9.52. The lowest BCUT2D eigenvalue weighted by Crippen LogP contribution is -2.61. The lowest BCUT2D eigenvalue weighted by molar-refractivity contribution is -0.190. The number of aliphatic hydroxyl groups is 2. The molecular weight excluding hydrogens is 316 g/mol. The Morgan fingerprint density at radius 3 is 2.60 bits per heavy atom. The van der Waals surface area contributed by atoms with Gasteiger partial charge < -0.3 is 14.9 Å². The van der Waals surface area contributed by atoms with Gasteiger partial charge in [0.2, 0.25) is 0 Å². The third-order valence-electron chi connectivity index (χ3n) is 9.52. The number of epoxide rings is 1. The third kappa shape index (κ3) is 1.82. The summed E-state index contributed by atoms with van der Waals surface area (Å²) in [6, 6.07) is 0. The van der Waals surface area contributed by atoms with E-state index in [1.165, 1.54) is 0 Å². The van der Waals surface area contributed by atoms with Gasteiger partial charge in [0.15, 0.2) is 11.4 Å². The Hall–Kier alpha value is -0.450.